The van der Waals surface area contributed by atoms with Gasteiger partial charge in [0, 0.05) is 46.7 Å². The first-order valence-corrected chi connectivity index (χ1v) is 7.42. The molecule has 21 heavy (non-hydrogen) atoms. The summed E-state index contributed by atoms with van der Waals surface area (Å²) < 4.78 is 0. The molecule has 0 aromatic rings. The molecule has 1 rings (SSSR count). The number of rotatable bonds is 6. The smallest absolute Gasteiger partial charge is 0.239 e. The van der Waals surface area contributed by atoms with Crippen molar-refractivity contribution in [3.05, 3.63) is 0 Å². The molecule has 3 amide bonds. The van der Waals surface area contributed by atoms with Gasteiger partial charge in [-0.15, -0.1) is 0 Å². The fourth-order valence-corrected chi connectivity index (χ4v) is 2.16. The quantitative estimate of drug-likeness (QED) is 0.692. The first kappa shape index (κ1) is 17.4. The summed E-state index contributed by atoms with van der Waals surface area (Å²) in [6, 6.07) is 0. The van der Waals surface area contributed by atoms with Crippen LogP contribution in [0.15, 0.2) is 0 Å². The monoisotopic (exact) mass is 298 g/mol. The standard InChI is InChI=1S/C14H26N4O3/c1-4-5-15-13(20)10-16(3)14(21)11-17-6-8-18(9-7-17)12(2)19/h4-11H2,1-3H3,(H,15,20). The van der Waals surface area contributed by atoms with Crippen LogP contribution in [0.3, 0.4) is 0 Å². The fraction of sp³-hybridized carbons (Fsp3) is 0.786. The highest BCUT2D eigenvalue weighted by Gasteiger charge is 2.22. The lowest BCUT2D eigenvalue weighted by Crippen LogP contribution is -2.51. The summed E-state index contributed by atoms with van der Waals surface area (Å²) in [4.78, 5) is 40.1. The summed E-state index contributed by atoms with van der Waals surface area (Å²) in [5.41, 5.74) is 0. The van der Waals surface area contributed by atoms with Crippen molar-refractivity contribution in [2.24, 2.45) is 0 Å². The lowest BCUT2D eigenvalue weighted by Gasteiger charge is -2.34. The van der Waals surface area contributed by atoms with E-state index in [-0.39, 0.29) is 24.3 Å². The van der Waals surface area contributed by atoms with Gasteiger partial charge in [-0.1, -0.05) is 6.92 Å². The maximum absolute atomic E-state index is 12.1. The predicted molar refractivity (Wildman–Crippen MR) is 79.6 cm³/mol. The summed E-state index contributed by atoms with van der Waals surface area (Å²) in [5, 5.41) is 2.75. The summed E-state index contributed by atoms with van der Waals surface area (Å²) in [6.07, 6.45) is 0.879. The molecular weight excluding hydrogens is 272 g/mol. The van der Waals surface area contributed by atoms with Crippen molar-refractivity contribution in [1.82, 2.24) is 20.0 Å². The first-order chi connectivity index (χ1) is 9.93. The van der Waals surface area contributed by atoms with Crippen molar-refractivity contribution < 1.29 is 14.4 Å². The van der Waals surface area contributed by atoms with Gasteiger partial charge in [-0.3, -0.25) is 19.3 Å². The maximum Gasteiger partial charge on any atom is 0.239 e. The van der Waals surface area contributed by atoms with E-state index in [2.05, 4.69) is 5.32 Å². The van der Waals surface area contributed by atoms with Crippen molar-refractivity contribution in [3.8, 4) is 0 Å². The normalized spacial score (nSPS) is 15.7. The van der Waals surface area contributed by atoms with Crippen LogP contribution in [-0.4, -0.2) is 85.3 Å². The second kappa shape index (κ2) is 8.61. The van der Waals surface area contributed by atoms with Crippen LogP contribution in [0.4, 0.5) is 0 Å². The van der Waals surface area contributed by atoms with Gasteiger partial charge >= 0.3 is 0 Å². The molecule has 1 saturated heterocycles. The third kappa shape index (κ3) is 6.12. The molecule has 0 spiro atoms. The molecule has 7 nitrogen and oxygen atoms in total. The third-order valence-electron chi connectivity index (χ3n) is 3.56. The topological polar surface area (TPSA) is 73.0 Å². The van der Waals surface area contributed by atoms with Crippen LogP contribution in [0.2, 0.25) is 0 Å². The maximum atomic E-state index is 12.1. The predicted octanol–water partition coefficient (Wildman–Crippen LogP) is -0.865. The number of likely N-dealkylation sites (N-methyl/N-ethyl adjacent to an activating group) is 1. The number of hydrogen-bond acceptors (Lipinski definition) is 4. The third-order valence-corrected chi connectivity index (χ3v) is 3.56. The van der Waals surface area contributed by atoms with Crippen molar-refractivity contribution in [2.45, 2.75) is 20.3 Å². The molecule has 0 aromatic carbocycles. The van der Waals surface area contributed by atoms with Gasteiger partial charge in [0.25, 0.3) is 0 Å². The minimum absolute atomic E-state index is 0.0714. The lowest BCUT2D eigenvalue weighted by molar-refractivity contribution is -0.136. The van der Waals surface area contributed by atoms with Gasteiger partial charge in [-0.25, -0.2) is 0 Å². The van der Waals surface area contributed by atoms with Gasteiger partial charge < -0.3 is 15.1 Å². The summed E-state index contributed by atoms with van der Waals surface area (Å²) >= 11 is 0. The van der Waals surface area contributed by atoms with Gasteiger partial charge in [0.2, 0.25) is 17.7 Å². The van der Waals surface area contributed by atoms with Crippen LogP contribution >= 0.6 is 0 Å². The molecule has 0 bridgehead atoms. The van der Waals surface area contributed by atoms with Crippen molar-refractivity contribution in [2.75, 3.05) is 52.9 Å². The fourth-order valence-electron chi connectivity index (χ4n) is 2.16. The molecule has 0 unspecified atom stereocenters. The molecule has 120 valence electrons. The van der Waals surface area contributed by atoms with Crippen LogP contribution in [-0.2, 0) is 14.4 Å². The Morgan fingerprint density at radius 3 is 2.29 bits per heavy atom. The van der Waals surface area contributed by atoms with E-state index in [0.717, 1.165) is 6.42 Å². The molecule has 1 fully saturated rings. The Balaban J connectivity index is 2.30. The molecule has 1 N–H and O–H groups in total. The van der Waals surface area contributed by atoms with Crippen molar-refractivity contribution >= 4 is 17.7 Å². The molecule has 1 heterocycles. The molecule has 0 radical (unpaired) electrons. The summed E-state index contributed by atoms with van der Waals surface area (Å²) in [5.74, 6) is -0.127. The van der Waals surface area contributed by atoms with E-state index in [4.69, 9.17) is 0 Å². The molecule has 0 atom stereocenters. The van der Waals surface area contributed by atoms with E-state index in [9.17, 15) is 14.4 Å². The van der Waals surface area contributed by atoms with Crippen LogP contribution in [0.1, 0.15) is 20.3 Å². The molecule has 0 aliphatic carbocycles. The van der Waals surface area contributed by atoms with E-state index in [1.54, 1.807) is 18.9 Å². The van der Waals surface area contributed by atoms with E-state index in [0.29, 0.717) is 39.3 Å². The minimum atomic E-state index is -0.130. The zero-order valence-corrected chi connectivity index (χ0v) is 13.2. The average Bonchev–Trinajstić information content (AvgIpc) is 2.45. The highest BCUT2D eigenvalue weighted by atomic mass is 16.2. The number of carbonyl (C=O) groups is 3. The largest absolute Gasteiger partial charge is 0.355 e. The van der Waals surface area contributed by atoms with Gasteiger partial charge in [-0.05, 0) is 6.42 Å². The average molecular weight is 298 g/mol. The molecular formula is C14H26N4O3. The molecule has 0 saturated carbocycles. The Hall–Kier alpha value is -1.63. The Morgan fingerprint density at radius 2 is 1.76 bits per heavy atom. The Kier molecular flexibility index (Phi) is 7.14. The Labute approximate surface area is 126 Å². The minimum Gasteiger partial charge on any atom is -0.355 e. The zero-order valence-electron chi connectivity index (χ0n) is 13.2. The number of piperazine rings is 1. The summed E-state index contributed by atoms with van der Waals surface area (Å²) in [6.45, 7) is 7.26. The van der Waals surface area contributed by atoms with Crippen molar-refractivity contribution in [1.29, 1.82) is 0 Å². The highest BCUT2D eigenvalue weighted by molar-refractivity contribution is 5.85. The molecule has 1 aliphatic rings. The Morgan fingerprint density at radius 1 is 1.14 bits per heavy atom. The Bertz CT molecular complexity index is 378. The van der Waals surface area contributed by atoms with E-state index in [1.807, 2.05) is 11.8 Å². The number of hydrogen-bond donors (Lipinski definition) is 1. The number of nitrogens with zero attached hydrogens (tertiary/aromatic N) is 3. The van der Waals surface area contributed by atoms with Crippen LogP contribution in [0, 0.1) is 0 Å². The van der Waals surface area contributed by atoms with Gasteiger partial charge in [0.15, 0.2) is 0 Å². The second-order valence-electron chi connectivity index (χ2n) is 5.38. The van der Waals surface area contributed by atoms with E-state index >= 15 is 0 Å². The highest BCUT2D eigenvalue weighted by Crippen LogP contribution is 2.02. The first-order valence-electron chi connectivity index (χ1n) is 7.42. The second-order valence-corrected chi connectivity index (χ2v) is 5.38. The van der Waals surface area contributed by atoms with Crippen LogP contribution in [0.25, 0.3) is 0 Å². The zero-order chi connectivity index (χ0) is 15.8. The van der Waals surface area contributed by atoms with Gasteiger partial charge in [0.05, 0.1) is 13.1 Å². The van der Waals surface area contributed by atoms with Crippen molar-refractivity contribution in [3.63, 3.8) is 0 Å². The number of amides is 3. The molecule has 1 aliphatic heterocycles. The van der Waals surface area contributed by atoms with Gasteiger partial charge in [0.1, 0.15) is 0 Å². The van der Waals surface area contributed by atoms with Crippen LogP contribution in [0.5, 0.6) is 0 Å². The van der Waals surface area contributed by atoms with E-state index < -0.39 is 0 Å². The molecule has 7 heteroatoms. The molecule has 0 aromatic heterocycles. The van der Waals surface area contributed by atoms with Crippen LogP contribution < -0.4 is 5.32 Å². The van der Waals surface area contributed by atoms with E-state index in [1.165, 1.54) is 4.90 Å². The SMILES string of the molecule is CCCNC(=O)CN(C)C(=O)CN1CCN(C(C)=O)CC1. The number of nitrogens with one attached hydrogen (secondary N) is 1. The number of carbonyl (C=O) groups excluding carboxylic acids is 3. The summed E-state index contributed by atoms with van der Waals surface area (Å²) in [7, 11) is 1.64. The lowest BCUT2D eigenvalue weighted by atomic mass is 10.3. The van der Waals surface area contributed by atoms with Gasteiger partial charge in [-0.2, -0.15) is 0 Å².